The number of hydrogen-bond acceptors (Lipinski definition) is 5. The number of fused-ring (bicyclic) bond motifs is 1. The van der Waals surface area contributed by atoms with Crippen LogP contribution in [-0.2, 0) is 0 Å². The molecule has 3 aromatic heterocycles. The van der Waals surface area contributed by atoms with E-state index < -0.39 is 0 Å². The summed E-state index contributed by atoms with van der Waals surface area (Å²) in [6.07, 6.45) is 8.09. The topological polar surface area (TPSA) is 83.5 Å². The van der Waals surface area contributed by atoms with Gasteiger partial charge in [-0.1, -0.05) is 11.6 Å². The highest BCUT2D eigenvalue weighted by molar-refractivity contribution is 5.84. The van der Waals surface area contributed by atoms with Crippen molar-refractivity contribution in [1.82, 2.24) is 19.4 Å². The maximum Gasteiger partial charge on any atom is 0.149 e. The number of nitrogens with zero attached hydrogens (tertiary/aromatic N) is 4. The van der Waals surface area contributed by atoms with Crippen molar-refractivity contribution in [3.05, 3.63) is 60.8 Å². The van der Waals surface area contributed by atoms with Gasteiger partial charge in [-0.25, -0.2) is 4.98 Å². The molecular weight excluding hydrogens is 304 g/mol. The van der Waals surface area contributed by atoms with E-state index in [-0.39, 0.29) is 11.5 Å². The number of aryl methyl sites for hydroxylation is 1. The quantitative estimate of drug-likeness (QED) is 0.593. The van der Waals surface area contributed by atoms with Crippen molar-refractivity contribution in [2.24, 2.45) is 0 Å². The number of hydrogen-bond donors (Lipinski definition) is 2. The van der Waals surface area contributed by atoms with Crippen molar-refractivity contribution in [2.75, 3.05) is 0 Å². The largest absolute Gasteiger partial charge is 0.507 e. The fourth-order valence-electron chi connectivity index (χ4n) is 2.74. The van der Waals surface area contributed by atoms with Crippen LogP contribution in [0.2, 0.25) is 0 Å². The van der Waals surface area contributed by atoms with Gasteiger partial charge in [-0.05, 0) is 25.1 Å². The average Bonchev–Trinajstić information content (AvgIpc) is 2.97. The van der Waals surface area contributed by atoms with E-state index in [1.807, 2.05) is 23.5 Å². The Morgan fingerprint density at radius 2 is 1.75 bits per heavy atom. The van der Waals surface area contributed by atoms with Crippen LogP contribution >= 0.6 is 0 Å². The average molecular weight is 318 g/mol. The number of aromatic hydroxyl groups is 2. The van der Waals surface area contributed by atoms with Crippen LogP contribution in [0, 0.1) is 6.92 Å². The molecule has 0 radical (unpaired) electrons. The van der Waals surface area contributed by atoms with Crippen LogP contribution in [0.1, 0.15) is 5.56 Å². The normalized spacial score (nSPS) is 11.0. The summed E-state index contributed by atoms with van der Waals surface area (Å²) in [6, 6.07) is 7.06. The number of pyridine rings is 1. The number of phenols is 1. The summed E-state index contributed by atoms with van der Waals surface area (Å²) in [5.74, 6) is 0.774. The molecule has 0 fully saturated rings. The molecule has 0 saturated heterocycles. The summed E-state index contributed by atoms with van der Waals surface area (Å²) >= 11 is 0. The lowest BCUT2D eigenvalue weighted by molar-refractivity contribution is 0.474. The van der Waals surface area contributed by atoms with Crippen LogP contribution in [0.25, 0.3) is 28.2 Å². The lowest BCUT2D eigenvalue weighted by Gasteiger charge is -2.04. The molecular formula is C18H14N4O2. The molecule has 24 heavy (non-hydrogen) atoms. The third-order valence-electron chi connectivity index (χ3n) is 3.89. The first-order chi connectivity index (χ1) is 11.6. The maximum absolute atomic E-state index is 10.3. The Morgan fingerprint density at radius 1 is 0.917 bits per heavy atom. The van der Waals surface area contributed by atoms with Crippen LogP contribution in [0.4, 0.5) is 0 Å². The number of rotatable bonds is 2. The van der Waals surface area contributed by atoms with Gasteiger partial charge in [-0.3, -0.25) is 14.4 Å². The Balaban J connectivity index is 2.06. The number of benzene rings is 1. The summed E-state index contributed by atoms with van der Waals surface area (Å²) in [5, 5.41) is 20.4. The molecule has 0 unspecified atom stereocenters. The van der Waals surface area contributed by atoms with Gasteiger partial charge in [0.25, 0.3) is 0 Å². The molecule has 0 amide bonds. The van der Waals surface area contributed by atoms with Gasteiger partial charge in [0.05, 0.1) is 23.5 Å². The summed E-state index contributed by atoms with van der Waals surface area (Å²) in [4.78, 5) is 12.7. The van der Waals surface area contributed by atoms with E-state index in [4.69, 9.17) is 0 Å². The summed E-state index contributed by atoms with van der Waals surface area (Å²) in [6.45, 7) is 1.95. The summed E-state index contributed by atoms with van der Waals surface area (Å²) < 4.78 is 1.84. The Hall–Kier alpha value is -3.41. The van der Waals surface area contributed by atoms with Crippen LogP contribution in [-0.4, -0.2) is 29.6 Å². The zero-order valence-electron chi connectivity index (χ0n) is 12.9. The molecule has 4 aromatic rings. The van der Waals surface area contributed by atoms with E-state index in [0.29, 0.717) is 22.6 Å². The SMILES string of the molecule is Cc1ccc(O)c(-c2nc(-c3ccncc3O)c3cnccn23)c1. The Kier molecular flexibility index (Phi) is 3.16. The van der Waals surface area contributed by atoms with Gasteiger partial charge in [-0.2, -0.15) is 0 Å². The first-order valence-electron chi connectivity index (χ1n) is 7.40. The minimum absolute atomic E-state index is 0.0429. The fraction of sp³-hybridized carbons (Fsp3) is 0.0556. The minimum Gasteiger partial charge on any atom is -0.507 e. The van der Waals surface area contributed by atoms with E-state index in [1.165, 1.54) is 6.20 Å². The molecule has 0 aliphatic rings. The van der Waals surface area contributed by atoms with Crippen molar-refractivity contribution >= 4 is 5.52 Å². The molecule has 4 rings (SSSR count). The van der Waals surface area contributed by atoms with Gasteiger partial charge in [0.15, 0.2) is 0 Å². The van der Waals surface area contributed by atoms with Gasteiger partial charge in [0.1, 0.15) is 23.0 Å². The third-order valence-corrected chi connectivity index (χ3v) is 3.89. The Morgan fingerprint density at radius 3 is 2.58 bits per heavy atom. The number of phenolic OH excluding ortho intramolecular Hbond substituents is 1. The number of aromatic nitrogens is 4. The second-order valence-electron chi connectivity index (χ2n) is 5.53. The molecule has 0 aliphatic carbocycles. The summed E-state index contributed by atoms with van der Waals surface area (Å²) in [5.41, 5.74) is 3.51. The predicted octanol–water partition coefficient (Wildman–Crippen LogP) is 3.18. The molecule has 6 nitrogen and oxygen atoms in total. The van der Waals surface area contributed by atoms with Gasteiger partial charge in [0, 0.05) is 24.2 Å². The van der Waals surface area contributed by atoms with Gasteiger partial charge >= 0.3 is 0 Å². The molecule has 6 heteroatoms. The zero-order valence-corrected chi connectivity index (χ0v) is 12.9. The molecule has 0 atom stereocenters. The second kappa shape index (κ2) is 5.34. The lowest BCUT2D eigenvalue weighted by Crippen LogP contribution is -1.90. The highest BCUT2D eigenvalue weighted by atomic mass is 16.3. The predicted molar refractivity (Wildman–Crippen MR) is 89.7 cm³/mol. The maximum atomic E-state index is 10.3. The standard InChI is InChI=1S/C18H14N4O2/c1-11-2-3-15(23)13(8-11)18-21-17(12-4-5-19-10-16(12)24)14-9-20-6-7-22(14)18/h2-10,23-24H,1H3. The lowest BCUT2D eigenvalue weighted by atomic mass is 10.1. The summed E-state index contributed by atoms with van der Waals surface area (Å²) in [7, 11) is 0. The highest BCUT2D eigenvalue weighted by Crippen LogP contribution is 2.36. The van der Waals surface area contributed by atoms with Crippen molar-refractivity contribution in [2.45, 2.75) is 6.92 Å². The Labute approximate surface area is 137 Å². The van der Waals surface area contributed by atoms with Crippen molar-refractivity contribution in [1.29, 1.82) is 0 Å². The highest BCUT2D eigenvalue weighted by Gasteiger charge is 2.18. The van der Waals surface area contributed by atoms with E-state index in [0.717, 1.165) is 11.1 Å². The van der Waals surface area contributed by atoms with E-state index in [2.05, 4.69) is 15.0 Å². The second-order valence-corrected chi connectivity index (χ2v) is 5.53. The number of imidazole rings is 1. The minimum atomic E-state index is 0.0429. The van der Waals surface area contributed by atoms with Gasteiger partial charge in [-0.15, -0.1) is 0 Å². The third kappa shape index (κ3) is 2.16. The van der Waals surface area contributed by atoms with E-state index >= 15 is 0 Å². The van der Waals surface area contributed by atoms with E-state index in [9.17, 15) is 10.2 Å². The Bertz CT molecular complexity index is 1060. The fourth-order valence-corrected chi connectivity index (χ4v) is 2.74. The van der Waals surface area contributed by atoms with Crippen molar-refractivity contribution in [3.63, 3.8) is 0 Å². The van der Waals surface area contributed by atoms with Crippen LogP contribution in [0.15, 0.2) is 55.2 Å². The first kappa shape index (κ1) is 14.2. The first-order valence-corrected chi connectivity index (χ1v) is 7.40. The monoisotopic (exact) mass is 318 g/mol. The van der Waals surface area contributed by atoms with Crippen LogP contribution in [0.3, 0.4) is 0 Å². The molecule has 0 spiro atoms. The van der Waals surface area contributed by atoms with Gasteiger partial charge < -0.3 is 10.2 Å². The zero-order chi connectivity index (χ0) is 16.7. The smallest absolute Gasteiger partial charge is 0.149 e. The molecule has 3 heterocycles. The molecule has 0 bridgehead atoms. The van der Waals surface area contributed by atoms with Crippen LogP contribution in [0.5, 0.6) is 11.5 Å². The van der Waals surface area contributed by atoms with Gasteiger partial charge in [0.2, 0.25) is 0 Å². The molecule has 0 aliphatic heterocycles. The molecule has 0 saturated carbocycles. The molecule has 1 aromatic carbocycles. The van der Waals surface area contributed by atoms with Crippen molar-refractivity contribution < 1.29 is 10.2 Å². The van der Waals surface area contributed by atoms with Crippen LogP contribution < -0.4 is 0 Å². The molecule has 2 N–H and O–H groups in total. The molecule has 118 valence electrons. The van der Waals surface area contributed by atoms with Crippen molar-refractivity contribution in [3.8, 4) is 34.1 Å². The van der Waals surface area contributed by atoms with E-state index in [1.54, 1.807) is 36.9 Å².